The fourth-order valence-electron chi connectivity index (χ4n) is 2.45. The molecule has 0 aliphatic carbocycles. The van der Waals surface area contributed by atoms with Crippen molar-refractivity contribution in [1.29, 1.82) is 0 Å². The molecule has 2 rings (SSSR count). The zero-order valence-corrected chi connectivity index (χ0v) is 12.8. The first-order valence-electron chi connectivity index (χ1n) is 7.01. The predicted octanol–water partition coefficient (Wildman–Crippen LogP) is 1.20. The van der Waals surface area contributed by atoms with Crippen LogP contribution in [0.1, 0.15) is 23.2 Å². The molecule has 1 fully saturated rings. The number of likely N-dealkylation sites (tertiary alicyclic amines) is 1. The molecule has 1 aliphatic rings. The van der Waals surface area contributed by atoms with Crippen LogP contribution in [0.25, 0.3) is 0 Å². The number of nitrogens with two attached hydrogens (primary N) is 1. The molecular weight excluding hydrogens is 304 g/mol. The summed E-state index contributed by atoms with van der Waals surface area (Å²) in [6.45, 7) is 0.778. The van der Waals surface area contributed by atoms with Gasteiger partial charge in [-0.3, -0.25) is 14.4 Å². The maximum atomic E-state index is 12.6. The SMILES string of the molecule is NC(=O)CSc1ccccc1C(=O)N1CCC[C@@H](C(=O)O)C1. The molecule has 6 nitrogen and oxygen atoms in total. The minimum Gasteiger partial charge on any atom is -0.481 e. The molecule has 1 aromatic rings. The van der Waals surface area contributed by atoms with Crippen LogP contribution in [-0.4, -0.2) is 46.6 Å². The van der Waals surface area contributed by atoms with E-state index in [0.717, 1.165) is 0 Å². The van der Waals surface area contributed by atoms with Gasteiger partial charge in [-0.15, -0.1) is 11.8 Å². The molecule has 1 aromatic carbocycles. The molecule has 0 spiro atoms. The smallest absolute Gasteiger partial charge is 0.308 e. The molecule has 1 atom stereocenters. The van der Waals surface area contributed by atoms with Gasteiger partial charge in [0.1, 0.15) is 0 Å². The summed E-state index contributed by atoms with van der Waals surface area (Å²) in [5, 5.41) is 9.11. The zero-order chi connectivity index (χ0) is 16.1. The highest BCUT2D eigenvalue weighted by atomic mass is 32.2. The van der Waals surface area contributed by atoms with Crippen molar-refractivity contribution in [3.8, 4) is 0 Å². The quantitative estimate of drug-likeness (QED) is 0.793. The normalized spacial score (nSPS) is 18.0. The van der Waals surface area contributed by atoms with E-state index in [-0.39, 0.29) is 18.2 Å². The number of carbonyl (C=O) groups excluding carboxylic acids is 2. The number of amides is 2. The zero-order valence-electron chi connectivity index (χ0n) is 12.0. The Bertz CT molecular complexity index is 591. The molecule has 0 radical (unpaired) electrons. The van der Waals surface area contributed by atoms with Gasteiger partial charge in [0.05, 0.1) is 17.2 Å². The highest BCUT2D eigenvalue weighted by Gasteiger charge is 2.29. The lowest BCUT2D eigenvalue weighted by molar-refractivity contribution is -0.143. The van der Waals surface area contributed by atoms with E-state index in [1.807, 2.05) is 0 Å². The molecule has 2 amide bonds. The minimum absolute atomic E-state index is 0.0993. The topological polar surface area (TPSA) is 101 Å². The summed E-state index contributed by atoms with van der Waals surface area (Å²) in [7, 11) is 0. The molecule has 0 unspecified atom stereocenters. The number of nitrogens with zero attached hydrogens (tertiary/aromatic N) is 1. The number of piperidine rings is 1. The number of benzene rings is 1. The summed E-state index contributed by atoms with van der Waals surface area (Å²) >= 11 is 1.22. The Morgan fingerprint density at radius 2 is 2.05 bits per heavy atom. The van der Waals surface area contributed by atoms with Gasteiger partial charge >= 0.3 is 5.97 Å². The molecule has 0 saturated carbocycles. The van der Waals surface area contributed by atoms with Crippen molar-refractivity contribution in [2.75, 3.05) is 18.8 Å². The average molecular weight is 322 g/mol. The summed E-state index contributed by atoms with van der Waals surface area (Å²) in [6, 6.07) is 6.99. The Morgan fingerprint density at radius 3 is 2.73 bits per heavy atom. The number of carboxylic acid groups (broad SMARTS) is 1. The lowest BCUT2D eigenvalue weighted by Gasteiger charge is -2.31. The van der Waals surface area contributed by atoms with Crippen LogP contribution in [0.4, 0.5) is 0 Å². The van der Waals surface area contributed by atoms with E-state index in [4.69, 9.17) is 10.8 Å². The third kappa shape index (κ3) is 4.00. The number of aliphatic carboxylic acids is 1. The molecule has 1 heterocycles. The van der Waals surface area contributed by atoms with Crippen molar-refractivity contribution < 1.29 is 19.5 Å². The summed E-state index contributed by atoms with van der Waals surface area (Å²) in [4.78, 5) is 36.9. The maximum absolute atomic E-state index is 12.6. The van der Waals surface area contributed by atoms with Crippen LogP contribution >= 0.6 is 11.8 Å². The second kappa shape index (κ2) is 7.31. The molecule has 3 N–H and O–H groups in total. The van der Waals surface area contributed by atoms with Crippen molar-refractivity contribution in [3.05, 3.63) is 29.8 Å². The van der Waals surface area contributed by atoms with E-state index in [1.165, 1.54) is 11.8 Å². The Labute approximate surface area is 132 Å². The third-order valence-corrected chi connectivity index (χ3v) is 4.64. The van der Waals surface area contributed by atoms with Crippen molar-refractivity contribution in [3.63, 3.8) is 0 Å². The van der Waals surface area contributed by atoms with Gasteiger partial charge in [0.25, 0.3) is 5.91 Å². The maximum Gasteiger partial charge on any atom is 0.308 e. The van der Waals surface area contributed by atoms with Gasteiger partial charge in [-0.05, 0) is 25.0 Å². The Kier molecular flexibility index (Phi) is 5.43. The van der Waals surface area contributed by atoms with E-state index in [9.17, 15) is 14.4 Å². The van der Waals surface area contributed by atoms with Crippen LogP contribution in [0.2, 0.25) is 0 Å². The van der Waals surface area contributed by atoms with Crippen LogP contribution in [0, 0.1) is 5.92 Å². The van der Waals surface area contributed by atoms with Crippen LogP contribution in [0.3, 0.4) is 0 Å². The van der Waals surface area contributed by atoms with Crippen LogP contribution in [0.15, 0.2) is 29.2 Å². The molecule has 1 aliphatic heterocycles. The first kappa shape index (κ1) is 16.4. The van der Waals surface area contributed by atoms with E-state index in [2.05, 4.69) is 0 Å². The highest BCUT2D eigenvalue weighted by Crippen LogP contribution is 2.25. The van der Waals surface area contributed by atoms with Gasteiger partial charge in [0, 0.05) is 18.0 Å². The van der Waals surface area contributed by atoms with Gasteiger partial charge < -0.3 is 15.7 Å². The first-order chi connectivity index (χ1) is 10.5. The number of primary amides is 1. The molecule has 0 aromatic heterocycles. The summed E-state index contributed by atoms with van der Waals surface area (Å²) in [5.41, 5.74) is 5.63. The van der Waals surface area contributed by atoms with Gasteiger partial charge in [-0.2, -0.15) is 0 Å². The predicted molar refractivity (Wildman–Crippen MR) is 82.6 cm³/mol. The summed E-state index contributed by atoms with van der Waals surface area (Å²) < 4.78 is 0. The number of hydrogen-bond acceptors (Lipinski definition) is 4. The monoisotopic (exact) mass is 322 g/mol. The van der Waals surface area contributed by atoms with Crippen molar-refractivity contribution in [2.24, 2.45) is 11.7 Å². The minimum atomic E-state index is -0.867. The summed E-state index contributed by atoms with van der Waals surface area (Å²) in [6.07, 6.45) is 1.27. The lowest BCUT2D eigenvalue weighted by atomic mass is 9.97. The van der Waals surface area contributed by atoms with Crippen LogP contribution in [-0.2, 0) is 9.59 Å². The Morgan fingerprint density at radius 1 is 1.32 bits per heavy atom. The van der Waals surface area contributed by atoms with Crippen molar-refractivity contribution in [2.45, 2.75) is 17.7 Å². The fourth-order valence-corrected chi connectivity index (χ4v) is 3.23. The van der Waals surface area contributed by atoms with E-state index in [1.54, 1.807) is 29.2 Å². The molecule has 22 heavy (non-hydrogen) atoms. The fraction of sp³-hybridized carbons (Fsp3) is 0.400. The van der Waals surface area contributed by atoms with Gasteiger partial charge in [0.2, 0.25) is 5.91 Å². The largest absolute Gasteiger partial charge is 0.481 e. The standard InChI is InChI=1S/C15H18N2O4S/c16-13(18)9-22-12-6-2-1-5-11(12)14(19)17-7-3-4-10(8-17)15(20)21/h1-2,5-6,10H,3-4,7-9H2,(H2,16,18)(H,20,21)/t10-/m1/s1. The molecular formula is C15H18N2O4S. The number of carboxylic acids is 1. The van der Waals surface area contributed by atoms with Crippen LogP contribution < -0.4 is 5.73 Å². The van der Waals surface area contributed by atoms with Crippen LogP contribution in [0.5, 0.6) is 0 Å². The number of carbonyl (C=O) groups is 3. The van der Waals surface area contributed by atoms with E-state index in [0.29, 0.717) is 29.8 Å². The Hall–Kier alpha value is -2.02. The number of hydrogen-bond donors (Lipinski definition) is 2. The molecule has 7 heteroatoms. The second-order valence-electron chi connectivity index (χ2n) is 5.18. The number of rotatable bonds is 5. The third-order valence-electron chi connectivity index (χ3n) is 3.55. The average Bonchev–Trinajstić information content (AvgIpc) is 2.52. The first-order valence-corrected chi connectivity index (χ1v) is 8.00. The molecule has 1 saturated heterocycles. The van der Waals surface area contributed by atoms with E-state index < -0.39 is 17.8 Å². The summed E-state index contributed by atoms with van der Waals surface area (Å²) in [5.74, 6) is -1.92. The van der Waals surface area contributed by atoms with Gasteiger partial charge in [-0.25, -0.2) is 0 Å². The van der Waals surface area contributed by atoms with E-state index >= 15 is 0 Å². The van der Waals surface area contributed by atoms with Crippen molar-refractivity contribution >= 4 is 29.5 Å². The van der Waals surface area contributed by atoms with Gasteiger partial charge in [-0.1, -0.05) is 12.1 Å². The highest BCUT2D eigenvalue weighted by molar-refractivity contribution is 8.00. The molecule has 0 bridgehead atoms. The molecule has 118 valence electrons. The Balaban J connectivity index is 2.15. The van der Waals surface area contributed by atoms with Gasteiger partial charge in [0.15, 0.2) is 0 Å². The van der Waals surface area contributed by atoms with Crippen molar-refractivity contribution in [1.82, 2.24) is 4.90 Å². The number of thioether (sulfide) groups is 1. The lowest BCUT2D eigenvalue weighted by Crippen LogP contribution is -2.42. The second-order valence-corrected chi connectivity index (χ2v) is 6.20.